The molecule has 0 aliphatic carbocycles. The predicted molar refractivity (Wildman–Crippen MR) is 123 cm³/mol. The number of carbonyl (C=O) groups is 1. The summed E-state index contributed by atoms with van der Waals surface area (Å²) in [5.41, 5.74) is 1.14. The number of benzene rings is 1. The standard InChI is InChI=1S/C22H25N5O4S/c1-13-6-8-14(9-7-13)18-24-19-17(21(29)27(3)22(30)26(19)2)20(25-18)32-12-16(28)23-11-15-5-4-10-31-15/h6-9,15H,4-5,10-12H2,1-3H3,(H,23,28)/t15-/m0/s1. The Morgan fingerprint density at radius 3 is 2.62 bits per heavy atom. The number of fused-ring (bicyclic) bond motifs is 1. The summed E-state index contributed by atoms with van der Waals surface area (Å²) < 4.78 is 7.89. The second kappa shape index (κ2) is 9.25. The molecule has 1 fully saturated rings. The molecule has 32 heavy (non-hydrogen) atoms. The van der Waals surface area contributed by atoms with Gasteiger partial charge in [-0.3, -0.25) is 18.7 Å². The number of carbonyl (C=O) groups excluding carboxylic acids is 1. The van der Waals surface area contributed by atoms with Crippen molar-refractivity contribution in [3.05, 3.63) is 50.7 Å². The molecule has 1 N–H and O–H groups in total. The molecule has 1 aliphatic heterocycles. The van der Waals surface area contributed by atoms with Crippen LogP contribution in [0.4, 0.5) is 0 Å². The van der Waals surface area contributed by atoms with Crippen molar-refractivity contribution < 1.29 is 9.53 Å². The number of ether oxygens (including phenoxy) is 1. The third-order valence-electron chi connectivity index (χ3n) is 5.47. The van der Waals surface area contributed by atoms with E-state index in [1.165, 1.54) is 11.6 Å². The minimum absolute atomic E-state index is 0.0544. The van der Waals surface area contributed by atoms with Crippen LogP contribution >= 0.6 is 11.8 Å². The zero-order chi connectivity index (χ0) is 22.8. The van der Waals surface area contributed by atoms with Gasteiger partial charge in [0.05, 0.1) is 11.9 Å². The second-order valence-corrected chi connectivity index (χ2v) is 8.81. The predicted octanol–water partition coefficient (Wildman–Crippen LogP) is 1.39. The molecule has 0 unspecified atom stereocenters. The number of aryl methyl sites for hydroxylation is 2. The number of amides is 1. The second-order valence-electron chi connectivity index (χ2n) is 7.85. The minimum atomic E-state index is -0.485. The number of hydrogen-bond donors (Lipinski definition) is 1. The Morgan fingerprint density at radius 2 is 1.94 bits per heavy atom. The molecule has 168 valence electrons. The quantitative estimate of drug-likeness (QED) is 0.442. The van der Waals surface area contributed by atoms with Crippen LogP contribution < -0.4 is 16.6 Å². The molecule has 3 heterocycles. The highest BCUT2D eigenvalue weighted by atomic mass is 32.2. The van der Waals surface area contributed by atoms with Gasteiger partial charge in [-0.05, 0) is 19.8 Å². The maximum atomic E-state index is 12.9. The van der Waals surface area contributed by atoms with E-state index in [1.54, 1.807) is 7.05 Å². The molecule has 1 saturated heterocycles. The Bertz CT molecular complexity index is 1280. The first-order valence-electron chi connectivity index (χ1n) is 10.4. The number of rotatable bonds is 6. The number of thioether (sulfide) groups is 1. The van der Waals surface area contributed by atoms with E-state index in [1.807, 2.05) is 31.2 Å². The van der Waals surface area contributed by atoms with Crippen LogP contribution in [0.1, 0.15) is 18.4 Å². The van der Waals surface area contributed by atoms with E-state index in [0.29, 0.717) is 17.4 Å². The highest BCUT2D eigenvalue weighted by Gasteiger charge is 2.20. The first-order chi connectivity index (χ1) is 15.3. The van der Waals surface area contributed by atoms with Crippen molar-refractivity contribution in [1.29, 1.82) is 0 Å². The molecular weight excluding hydrogens is 430 g/mol. The summed E-state index contributed by atoms with van der Waals surface area (Å²) in [6.45, 7) is 3.18. The van der Waals surface area contributed by atoms with Crippen molar-refractivity contribution in [2.75, 3.05) is 18.9 Å². The van der Waals surface area contributed by atoms with Gasteiger partial charge in [0, 0.05) is 32.8 Å². The highest BCUT2D eigenvalue weighted by molar-refractivity contribution is 8.00. The Morgan fingerprint density at radius 1 is 1.19 bits per heavy atom. The normalized spacial score (nSPS) is 15.9. The van der Waals surface area contributed by atoms with Crippen LogP contribution in [0.3, 0.4) is 0 Å². The summed E-state index contributed by atoms with van der Waals surface area (Å²) in [6.07, 6.45) is 2.00. The van der Waals surface area contributed by atoms with Crippen LogP contribution in [0.2, 0.25) is 0 Å². The van der Waals surface area contributed by atoms with Crippen molar-refractivity contribution in [1.82, 2.24) is 24.4 Å². The average Bonchev–Trinajstić information content (AvgIpc) is 3.32. The van der Waals surface area contributed by atoms with E-state index in [4.69, 9.17) is 4.74 Å². The van der Waals surface area contributed by atoms with E-state index in [-0.39, 0.29) is 28.8 Å². The van der Waals surface area contributed by atoms with Gasteiger partial charge in [-0.15, -0.1) is 0 Å². The lowest BCUT2D eigenvalue weighted by Gasteiger charge is -2.13. The molecule has 4 rings (SSSR count). The van der Waals surface area contributed by atoms with Gasteiger partial charge in [-0.25, -0.2) is 14.8 Å². The zero-order valence-corrected chi connectivity index (χ0v) is 19.1. The van der Waals surface area contributed by atoms with E-state index in [0.717, 1.165) is 46.9 Å². The summed E-state index contributed by atoms with van der Waals surface area (Å²) in [5.74, 6) is 0.303. The smallest absolute Gasteiger partial charge is 0.332 e. The average molecular weight is 456 g/mol. The molecule has 1 aromatic carbocycles. The Kier molecular flexibility index (Phi) is 6.43. The van der Waals surface area contributed by atoms with Crippen LogP contribution in [-0.2, 0) is 23.6 Å². The maximum Gasteiger partial charge on any atom is 0.332 e. The molecule has 1 amide bonds. The fraction of sp³-hybridized carbons (Fsp3) is 0.409. The number of hydrogen-bond acceptors (Lipinski definition) is 7. The van der Waals surface area contributed by atoms with E-state index >= 15 is 0 Å². The first-order valence-corrected chi connectivity index (χ1v) is 11.4. The summed E-state index contributed by atoms with van der Waals surface area (Å²) in [7, 11) is 2.99. The molecule has 0 radical (unpaired) electrons. The lowest BCUT2D eigenvalue weighted by Crippen LogP contribution is -2.38. The highest BCUT2D eigenvalue weighted by Crippen LogP contribution is 2.26. The van der Waals surface area contributed by atoms with Gasteiger partial charge in [0.1, 0.15) is 10.4 Å². The molecule has 0 saturated carbocycles. The van der Waals surface area contributed by atoms with Crippen LogP contribution in [0, 0.1) is 6.92 Å². The number of aromatic nitrogens is 4. The fourth-order valence-electron chi connectivity index (χ4n) is 3.58. The SMILES string of the molecule is Cc1ccc(-c2nc(SCC(=O)NC[C@@H]3CCCO3)c3c(=O)n(C)c(=O)n(C)c3n2)cc1. The van der Waals surface area contributed by atoms with E-state index in [2.05, 4.69) is 15.3 Å². The van der Waals surface area contributed by atoms with Crippen molar-refractivity contribution in [3.63, 3.8) is 0 Å². The van der Waals surface area contributed by atoms with Gasteiger partial charge in [-0.2, -0.15) is 0 Å². The van der Waals surface area contributed by atoms with Crippen LogP contribution in [-0.4, -0.2) is 50.0 Å². The maximum absolute atomic E-state index is 12.9. The monoisotopic (exact) mass is 455 g/mol. The van der Waals surface area contributed by atoms with Crippen molar-refractivity contribution in [2.24, 2.45) is 14.1 Å². The minimum Gasteiger partial charge on any atom is -0.376 e. The van der Waals surface area contributed by atoms with Crippen LogP contribution in [0.5, 0.6) is 0 Å². The van der Waals surface area contributed by atoms with E-state index in [9.17, 15) is 14.4 Å². The van der Waals surface area contributed by atoms with Gasteiger partial charge in [0.15, 0.2) is 11.5 Å². The first kappa shape index (κ1) is 22.2. The molecule has 2 aromatic heterocycles. The van der Waals surface area contributed by atoms with Gasteiger partial charge in [0.2, 0.25) is 5.91 Å². The van der Waals surface area contributed by atoms with E-state index < -0.39 is 11.2 Å². The third-order valence-corrected chi connectivity index (χ3v) is 6.44. The molecule has 0 spiro atoms. The van der Waals surface area contributed by atoms with Crippen molar-refractivity contribution in [2.45, 2.75) is 30.9 Å². The summed E-state index contributed by atoms with van der Waals surface area (Å²) >= 11 is 1.16. The largest absolute Gasteiger partial charge is 0.376 e. The fourth-order valence-corrected chi connectivity index (χ4v) is 4.43. The molecule has 9 nitrogen and oxygen atoms in total. The van der Waals surface area contributed by atoms with Crippen LogP contribution in [0.15, 0.2) is 38.9 Å². The van der Waals surface area contributed by atoms with Gasteiger partial charge in [0.25, 0.3) is 5.56 Å². The Balaban J connectivity index is 1.70. The topological polar surface area (TPSA) is 108 Å². The lowest BCUT2D eigenvalue weighted by molar-refractivity contribution is -0.119. The Labute approximate surface area is 188 Å². The van der Waals surface area contributed by atoms with Crippen molar-refractivity contribution >= 4 is 28.7 Å². The van der Waals surface area contributed by atoms with Gasteiger partial charge in [-0.1, -0.05) is 41.6 Å². The number of nitrogens with zero attached hydrogens (tertiary/aromatic N) is 4. The lowest BCUT2D eigenvalue weighted by atomic mass is 10.1. The molecule has 3 aromatic rings. The molecular formula is C22H25N5O4S. The summed E-state index contributed by atoms with van der Waals surface area (Å²) in [4.78, 5) is 46.9. The van der Waals surface area contributed by atoms with Gasteiger partial charge >= 0.3 is 5.69 Å². The molecule has 1 atom stereocenters. The van der Waals surface area contributed by atoms with Crippen LogP contribution in [0.25, 0.3) is 22.4 Å². The summed E-state index contributed by atoms with van der Waals surface area (Å²) in [6, 6.07) is 7.66. The number of nitrogens with one attached hydrogen (secondary N) is 1. The van der Waals surface area contributed by atoms with Crippen molar-refractivity contribution in [3.8, 4) is 11.4 Å². The zero-order valence-electron chi connectivity index (χ0n) is 18.3. The molecule has 10 heteroatoms. The Hall–Kier alpha value is -2.98. The third kappa shape index (κ3) is 4.46. The van der Waals surface area contributed by atoms with Gasteiger partial charge < -0.3 is 10.1 Å². The molecule has 1 aliphatic rings. The molecule has 0 bridgehead atoms. The summed E-state index contributed by atoms with van der Waals surface area (Å²) in [5, 5.41) is 3.47.